The third-order valence-electron chi connectivity index (χ3n) is 3.85. The van der Waals surface area contributed by atoms with E-state index >= 15 is 0 Å². The van der Waals surface area contributed by atoms with E-state index in [1.54, 1.807) is 18.2 Å². The van der Waals surface area contributed by atoms with Crippen LogP contribution in [-0.4, -0.2) is 37.1 Å². The van der Waals surface area contributed by atoms with E-state index in [0.29, 0.717) is 0 Å². The molecule has 2 rings (SSSR count). The molecule has 0 amide bonds. The quantitative estimate of drug-likeness (QED) is 0.861. The molecule has 1 aliphatic rings. The van der Waals surface area contributed by atoms with Gasteiger partial charge in [0, 0.05) is 18.2 Å². The van der Waals surface area contributed by atoms with E-state index < -0.39 is 5.92 Å². The summed E-state index contributed by atoms with van der Waals surface area (Å²) in [4.78, 5) is 2.36. The number of rotatable bonds is 6. The Morgan fingerprint density at radius 1 is 1.15 bits per heavy atom. The summed E-state index contributed by atoms with van der Waals surface area (Å²) in [6.07, 6.45) is 3.75. The first-order valence-electron chi connectivity index (χ1n) is 7.47. The van der Waals surface area contributed by atoms with Crippen LogP contribution >= 0.6 is 0 Å². The molecule has 1 aromatic rings. The maximum atomic E-state index is 14.0. The van der Waals surface area contributed by atoms with Crippen molar-refractivity contribution < 1.29 is 8.78 Å². The Labute approximate surface area is 120 Å². The van der Waals surface area contributed by atoms with Gasteiger partial charge in [-0.2, -0.15) is 8.78 Å². The van der Waals surface area contributed by atoms with Gasteiger partial charge in [-0.05, 0) is 32.9 Å². The van der Waals surface area contributed by atoms with Gasteiger partial charge < -0.3 is 10.2 Å². The van der Waals surface area contributed by atoms with Crippen LogP contribution < -0.4 is 5.32 Å². The second-order valence-corrected chi connectivity index (χ2v) is 5.71. The van der Waals surface area contributed by atoms with Gasteiger partial charge in [-0.15, -0.1) is 0 Å². The smallest absolute Gasteiger partial charge is 0.285 e. The molecule has 0 aromatic heterocycles. The number of alkyl halides is 2. The number of likely N-dealkylation sites (tertiary alicyclic amines) is 1. The Morgan fingerprint density at radius 2 is 1.80 bits per heavy atom. The summed E-state index contributed by atoms with van der Waals surface area (Å²) in [5.41, 5.74) is 0.0812. The minimum atomic E-state index is -2.81. The van der Waals surface area contributed by atoms with Crippen molar-refractivity contribution in [3.63, 3.8) is 0 Å². The molecule has 0 bridgehead atoms. The molecular weight excluding hydrogens is 258 g/mol. The Morgan fingerprint density at radius 3 is 2.45 bits per heavy atom. The maximum Gasteiger partial charge on any atom is 0.285 e. The molecular formula is C16H24F2N2. The molecule has 4 heteroatoms. The van der Waals surface area contributed by atoms with Crippen LogP contribution in [0, 0.1) is 0 Å². The first kappa shape index (κ1) is 15.4. The molecule has 1 saturated heterocycles. The first-order valence-corrected chi connectivity index (χ1v) is 7.47. The van der Waals surface area contributed by atoms with E-state index in [9.17, 15) is 8.78 Å². The molecule has 1 unspecified atom stereocenters. The predicted octanol–water partition coefficient (Wildman–Crippen LogP) is 3.24. The fourth-order valence-corrected chi connectivity index (χ4v) is 2.68. The van der Waals surface area contributed by atoms with Crippen LogP contribution in [0.4, 0.5) is 8.78 Å². The second kappa shape index (κ2) is 7.14. The monoisotopic (exact) mass is 282 g/mol. The molecule has 1 aromatic carbocycles. The summed E-state index contributed by atoms with van der Waals surface area (Å²) in [6, 6.07) is 8.11. The standard InChI is InChI=1S/C16H24F2N2/c1-14(12-20-10-6-3-7-11-20)19-13-16(17,18)15-8-4-2-5-9-15/h2,4-5,8-9,14,19H,3,6-7,10-13H2,1H3. The zero-order chi connectivity index (χ0) is 14.4. The number of benzene rings is 1. The van der Waals surface area contributed by atoms with Crippen molar-refractivity contribution in [2.45, 2.75) is 38.2 Å². The third-order valence-corrected chi connectivity index (χ3v) is 3.85. The van der Waals surface area contributed by atoms with Crippen LogP contribution in [-0.2, 0) is 5.92 Å². The molecule has 0 aliphatic carbocycles. The second-order valence-electron chi connectivity index (χ2n) is 5.71. The molecule has 1 N–H and O–H groups in total. The average Bonchev–Trinajstić information content (AvgIpc) is 2.47. The van der Waals surface area contributed by atoms with Crippen molar-refractivity contribution in [1.29, 1.82) is 0 Å². The van der Waals surface area contributed by atoms with Gasteiger partial charge in [0.15, 0.2) is 0 Å². The first-order chi connectivity index (χ1) is 9.58. The van der Waals surface area contributed by atoms with Gasteiger partial charge >= 0.3 is 0 Å². The number of nitrogens with one attached hydrogen (secondary N) is 1. The lowest BCUT2D eigenvalue weighted by Gasteiger charge is -2.30. The van der Waals surface area contributed by atoms with Gasteiger partial charge in [-0.1, -0.05) is 36.8 Å². The minimum absolute atomic E-state index is 0.0812. The summed E-state index contributed by atoms with van der Waals surface area (Å²) < 4.78 is 28.0. The highest BCUT2D eigenvalue weighted by molar-refractivity contribution is 5.20. The number of hydrogen-bond donors (Lipinski definition) is 1. The summed E-state index contributed by atoms with van der Waals surface area (Å²) in [5, 5.41) is 2.98. The molecule has 20 heavy (non-hydrogen) atoms. The molecule has 0 saturated carbocycles. The zero-order valence-electron chi connectivity index (χ0n) is 12.1. The van der Waals surface area contributed by atoms with E-state index in [-0.39, 0.29) is 18.2 Å². The third kappa shape index (κ3) is 4.53. The van der Waals surface area contributed by atoms with Gasteiger partial charge in [0.1, 0.15) is 0 Å². The fourth-order valence-electron chi connectivity index (χ4n) is 2.68. The molecule has 1 fully saturated rings. The van der Waals surface area contributed by atoms with Gasteiger partial charge in [0.25, 0.3) is 5.92 Å². The van der Waals surface area contributed by atoms with Crippen LogP contribution in [0.2, 0.25) is 0 Å². The Balaban J connectivity index is 1.78. The maximum absolute atomic E-state index is 14.0. The van der Waals surface area contributed by atoms with Crippen molar-refractivity contribution >= 4 is 0 Å². The van der Waals surface area contributed by atoms with Gasteiger partial charge in [-0.25, -0.2) is 0 Å². The van der Waals surface area contributed by atoms with Crippen LogP contribution in [0.3, 0.4) is 0 Å². The summed E-state index contributed by atoms with van der Waals surface area (Å²) in [5.74, 6) is -2.81. The Kier molecular flexibility index (Phi) is 5.49. The van der Waals surface area contributed by atoms with E-state index in [4.69, 9.17) is 0 Å². The normalized spacial score (nSPS) is 18.9. The molecule has 1 atom stereocenters. The van der Waals surface area contributed by atoms with Crippen LogP contribution in [0.15, 0.2) is 30.3 Å². The topological polar surface area (TPSA) is 15.3 Å². The van der Waals surface area contributed by atoms with Gasteiger partial charge in [0.2, 0.25) is 0 Å². The van der Waals surface area contributed by atoms with Crippen LogP contribution in [0.1, 0.15) is 31.7 Å². The lowest BCUT2D eigenvalue weighted by atomic mass is 10.1. The zero-order valence-corrected chi connectivity index (χ0v) is 12.1. The molecule has 0 radical (unpaired) electrons. The van der Waals surface area contributed by atoms with Crippen molar-refractivity contribution in [3.8, 4) is 0 Å². The highest BCUT2D eigenvalue weighted by atomic mass is 19.3. The average molecular weight is 282 g/mol. The molecule has 1 heterocycles. The van der Waals surface area contributed by atoms with E-state index in [1.807, 2.05) is 6.92 Å². The number of hydrogen-bond acceptors (Lipinski definition) is 2. The van der Waals surface area contributed by atoms with Crippen molar-refractivity contribution in [3.05, 3.63) is 35.9 Å². The van der Waals surface area contributed by atoms with Crippen molar-refractivity contribution in [2.75, 3.05) is 26.2 Å². The minimum Gasteiger partial charge on any atom is -0.307 e. The summed E-state index contributed by atoms with van der Waals surface area (Å²) in [6.45, 7) is 4.73. The highest BCUT2D eigenvalue weighted by Crippen LogP contribution is 2.26. The van der Waals surface area contributed by atoms with Crippen LogP contribution in [0.25, 0.3) is 0 Å². The van der Waals surface area contributed by atoms with E-state index in [1.165, 1.54) is 31.4 Å². The molecule has 112 valence electrons. The summed E-state index contributed by atoms with van der Waals surface area (Å²) >= 11 is 0. The largest absolute Gasteiger partial charge is 0.307 e. The fraction of sp³-hybridized carbons (Fsp3) is 0.625. The Hall–Kier alpha value is -1.00. The van der Waals surface area contributed by atoms with Gasteiger partial charge in [0.05, 0.1) is 6.54 Å². The van der Waals surface area contributed by atoms with Gasteiger partial charge in [-0.3, -0.25) is 0 Å². The summed E-state index contributed by atoms with van der Waals surface area (Å²) in [7, 11) is 0. The highest BCUT2D eigenvalue weighted by Gasteiger charge is 2.31. The van der Waals surface area contributed by atoms with E-state index in [0.717, 1.165) is 19.6 Å². The number of halogens is 2. The predicted molar refractivity (Wildman–Crippen MR) is 78.1 cm³/mol. The van der Waals surface area contributed by atoms with Crippen LogP contribution in [0.5, 0.6) is 0 Å². The number of nitrogens with zero attached hydrogens (tertiary/aromatic N) is 1. The number of piperidine rings is 1. The Bertz CT molecular complexity index is 389. The molecule has 2 nitrogen and oxygen atoms in total. The van der Waals surface area contributed by atoms with Crippen molar-refractivity contribution in [2.24, 2.45) is 0 Å². The molecule has 0 spiro atoms. The van der Waals surface area contributed by atoms with E-state index in [2.05, 4.69) is 10.2 Å². The van der Waals surface area contributed by atoms with Crippen molar-refractivity contribution in [1.82, 2.24) is 10.2 Å². The lowest BCUT2D eigenvalue weighted by Crippen LogP contribution is -2.44. The lowest BCUT2D eigenvalue weighted by molar-refractivity contribution is -0.00635. The SMILES string of the molecule is CC(CN1CCCCC1)NCC(F)(F)c1ccccc1. The molecule has 1 aliphatic heterocycles.